The molecule has 1 aromatic rings. The third-order valence-corrected chi connectivity index (χ3v) is 3.67. The summed E-state index contributed by atoms with van der Waals surface area (Å²) in [6.07, 6.45) is 4.55. The second-order valence-electron chi connectivity index (χ2n) is 5.46. The molecule has 1 atom stereocenters. The summed E-state index contributed by atoms with van der Waals surface area (Å²) >= 11 is 0. The van der Waals surface area contributed by atoms with Crippen LogP contribution in [-0.2, 0) is 4.79 Å². The average Bonchev–Trinajstić information content (AvgIpc) is 2.45. The third-order valence-electron chi connectivity index (χ3n) is 3.67. The smallest absolute Gasteiger partial charge is 0.244 e. The van der Waals surface area contributed by atoms with Crippen LogP contribution in [-0.4, -0.2) is 30.3 Å². The van der Waals surface area contributed by atoms with Gasteiger partial charge in [-0.2, -0.15) is 0 Å². The Hall–Kier alpha value is -1.81. The quantitative estimate of drug-likeness (QED) is 0.759. The Bertz CT molecular complexity index is 511. The van der Waals surface area contributed by atoms with Crippen molar-refractivity contribution < 1.29 is 14.6 Å². The number of benzene rings is 1. The normalized spacial score (nSPS) is 14.0. The lowest BCUT2D eigenvalue weighted by Gasteiger charge is -2.28. The number of aliphatic hydroxyl groups is 1. The fourth-order valence-electron chi connectivity index (χ4n) is 2.06. The molecule has 1 aromatic carbocycles. The van der Waals surface area contributed by atoms with E-state index < -0.39 is 0 Å². The lowest BCUT2D eigenvalue weighted by molar-refractivity contribution is -0.118. The summed E-state index contributed by atoms with van der Waals surface area (Å²) in [5.74, 6) is 0.564. The summed E-state index contributed by atoms with van der Waals surface area (Å²) < 4.78 is 5.28. The van der Waals surface area contributed by atoms with E-state index in [0.717, 1.165) is 23.3 Å². The Balaban J connectivity index is 2.81. The molecule has 0 aliphatic heterocycles. The molecule has 0 aromatic heterocycles. The first-order valence-corrected chi connectivity index (χ1v) is 7.20. The molecule has 0 heterocycles. The summed E-state index contributed by atoms with van der Waals surface area (Å²) in [6, 6.07) is 5.82. The van der Waals surface area contributed by atoms with Crippen molar-refractivity contribution in [2.24, 2.45) is 0 Å². The molecule has 0 saturated heterocycles. The zero-order valence-electron chi connectivity index (χ0n) is 13.3. The Labute approximate surface area is 126 Å². The fraction of sp³-hybridized carbons (Fsp3) is 0.471. The summed E-state index contributed by atoms with van der Waals surface area (Å²) in [6.45, 7) is 5.97. The third kappa shape index (κ3) is 5.23. The summed E-state index contributed by atoms with van der Waals surface area (Å²) in [5, 5.41) is 12.0. The van der Waals surface area contributed by atoms with Crippen molar-refractivity contribution in [3.05, 3.63) is 35.4 Å². The number of rotatable bonds is 7. The molecule has 0 aliphatic carbocycles. The highest BCUT2D eigenvalue weighted by atomic mass is 16.5. The van der Waals surface area contributed by atoms with Crippen LogP contribution in [0.4, 0.5) is 0 Å². The molecule has 1 rings (SSSR count). The van der Waals surface area contributed by atoms with E-state index in [1.165, 1.54) is 6.08 Å². The van der Waals surface area contributed by atoms with Crippen molar-refractivity contribution in [3.8, 4) is 5.75 Å². The topological polar surface area (TPSA) is 58.6 Å². The van der Waals surface area contributed by atoms with E-state index >= 15 is 0 Å². The molecule has 2 N–H and O–H groups in total. The van der Waals surface area contributed by atoms with Crippen molar-refractivity contribution in [1.82, 2.24) is 5.32 Å². The van der Waals surface area contributed by atoms with Gasteiger partial charge < -0.3 is 15.2 Å². The summed E-state index contributed by atoms with van der Waals surface area (Å²) in [4.78, 5) is 12.0. The van der Waals surface area contributed by atoms with E-state index in [-0.39, 0.29) is 18.1 Å². The van der Waals surface area contributed by atoms with Gasteiger partial charge in [-0.1, -0.05) is 18.6 Å². The predicted octanol–water partition coefficient (Wildman–Crippen LogP) is 2.68. The molecule has 4 heteroatoms. The highest BCUT2D eigenvalue weighted by Crippen LogP contribution is 2.21. The molecule has 1 amide bonds. The van der Waals surface area contributed by atoms with E-state index in [9.17, 15) is 4.79 Å². The molecule has 0 radical (unpaired) electrons. The van der Waals surface area contributed by atoms with Crippen molar-refractivity contribution in [1.29, 1.82) is 0 Å². The highest BCUT2D eigenvalue weighted by Gasteiger charge is 2.22. The van der Waals surface area contributed by atoms with Crippen LogP contribution in [0.25, 0.3) is 6.08 Å². The van der Waals surface area contributed by atoms with Crippen LogP contribution >= 0.6 is 0 Å². The van der Waals surface area contributed by atoms with Gasteiger partial charge in [-0.05, 0) is 44.9 Å². The number of hydrogen-bond donors (Lipinski definition) is 2. The minimum absolute atomic E-state index is 0.0556. The fourth-order valence-corrected chi connectivity index (χ4v) is 2.06. The molecule has 0 spiro atoms. The zero-order chi connectivity index (χ0) is 15.9. The lowest BCUT2D eigenvalue weighted by Crippen LogP contribution is -2.45. The predicted molar refractivity (Wildman–Crippen MR) is 85.3 cm³/mol. The number of carbonyl (C=O) groups excluding carboxylic acids is 1. The average molecular weight is 291 g/mol. The molecule has 0 saturated carbocycles. The van der Waals surface area contributed by atoms with Crippen molar-refractivity contribution >= 4 is 12.0 Å². The maximum absolute atomic E-state index is 12.0. The SMILES string of the molecule is CCC(C)(CCO)NC(=O)/C=C/c1cc(C)ccc1OC. The van der Waals surface area contributed by atoms with Crippen LogP contribution in [0.5, 0.6) is 5.75 Å². The molecular weight excluding hydrogens is 266 g/mol. The van der Waals surface area contributed by atoms with Crippen LogP contribution in [0.2, 0.25) is 0 Å². The number of aliphatic hydroxyl groups excluding tert-OH is 1. The van der Waals surface area contributed by atoms with Crippen LogP contribution in [0.15, 0.2) is 24.3 Å². The molecular formula is C17H25NO3. The van der Waals surface area contributed by atoms with Gasteiger partial charge in [0.25, 0.3) is 0 Å². The molecule has 0 aliphatic rings. The number of nitrogens with one attached hydrogen (secondary N) is 1. The summed E-state index contributed by atoms with van der Waals surface area (Å²) in [7, 11) is 1.61. The van der Waals surface area contributed by atoms with E-state index in [4.69, 9.17) is 9.84 Å². The highest BCUT2D eigenvalue weighted by molar-refractivity contribution is 5.92. The van der Waals surface area contributed by atoms with E-state index in [1.807, 2.05) is 39.0 Å². The number of amides is 1. The Morgan fingerprint density at radius 3 is 2.76 bits per heavy atom. The first kappa shape index (κ1) is 17.2. The van der Waals surface area contributed by atoms with Crippen molar-refractivity contribution in [2.75, 3.05) is 13.7 Å². The van der Waals surface area contributed by atoms with Gasteiger partial charge in [-0.25, -0.2) is 0 Å². The van der Waals surface area contributed by atoms with Crippen molar-refractivity contribution in [2.45, 2.75) is 39.2 Å². The van der Waals surface area contributed by atoms with E-state index in [1.54, 1.807) is 13.2 Å². The number of aryl methyl sites for hydroxylation is 1. The monoisotopic (exact) mass is 291 g/mol. The zero-order valence-corrected chi connectivity index (χ0v) is 13.3. The van der Waals surface area contributed by atoms with Gasteiger partial charge >= 0.3 is 0 Å². The van der Waals surface area contributed by atoms with Crippen LogP contribution in [0.1, 0.15) is 37.8 Å². The van der Waals surface area contributed by atoms with Crippen LogP contribution in [0, 0.1) is 6.92 Å². The first-order chi connectivity index (χ1) is 9.94. The standard InChI is InChI=1S/C17H25NO3/c1-5-17(3,10-11-19)18-16(20)9-7-14-12-13(2)6-8-15(14)21-4/h6-9,12,19H,5,10-11H2,1-4H3,(H,18,20)/b9-7+. The van der Waals surface area contributed by atoms with Crippen LogP contribution in [0.3, 0.4) is 0 Å². The molecule has 0 fully saturated rings. The largest absolute Gasteiger partial charge is 0.496 e. The van der Waals surface area contributed by atoms with Gasteiger partial charge in [0, 0.05) is 23.8 Å². The van der Waals surface area contributed by atoms with Gasteiger partial charge in [0.2, 0.25) is 5.91 Å². The van der Waals surface area contributed by atoms with Gasteiger partial charge in [0.05, 0.1) is 7.11 Å². The van der Waals surface area contributed by atoms with E-state index in [2.05, 4.69) is 5.32 Å². The number of hydrogen-bond acceptors (Lipinski definition) is 3. The minimum Gasteiger partial charge on any atom is -0.496 e. The maximum atomic E-state index is 12.0. The Kier molecular flexibility index (Phi) is 6.43. The number of methoxy groups -OCH3 is 1. The Morgan fingerprint density at radius 2 is 2.19 bits per heavy atom. The molecule has 21 heavy (non-hydrogen) atoms. The van der Waals surface area contributed by atoms with Crippen LogP contribution < -0.4 is 10.1 Å². The van der Waals surface area contributed by atoms with Gasteiger partial charge in [-0.15, -0.1) is 0 Å². The second kappa shape index (κ2) is 7.84. The van der Waals surface area contributed by atoms with Crippen molar-refractivity contribution in [3.63, 3.8) is 0 Å². The molecule has 4 nitrogen and oxygen atoms in total. The van der Waals surface area contributed by atoms with Gasteiger partial charge in [0.1, 0.15) is 5.75 Å². The number of ether oxygens (including phenoxy) is 1. The molecule has 1 unspecified atom stereocenters. The maximum Gasteiger partial charge on any atom is 0.244 e. The summed E-state index contributed by atoms with van der Waals surface area (Å²) in [5.41, 5.74) is 1.59. The molecule has 0 bridgehead atoms. The first-order valence-electron chi connectivity index (χ1n) is 7.20. The van der Waals surface area contributed by atoms with Gasteiger partial charge in [0.15, 0.2) is 0 Å². The second-order valence-corrected chi connectivity index (χ2v) is 5.46. The van der Waals surface area contributed by atoms with E-state index in [0.29, 0.717) is 6.42 Å². The number of carbonyl (C=O) groups is 1. The Morgan fingerprint density at radius 1 is 1.48 bits per heavy atom. The van der Waals surface area contributed by atoms with Gasteiger partial charge in [-0.3, -0.25) is 4.79 Å². The molecule has 116 valence electrons. The minimum atomic E-state index is -0.382. The lowest BCUT2D eigenvalue weighted by atomic mass is 9.95.